The van der Waals surface area contributed by atoms with Gasteiger partial charge in [0.1, 0.15) is 0 Å². The molecule has 0 aliphatic heterocycles. The van der Waals surface area contributed by atoms with Gasteiger partial charge in [-0.15, -0.1) is 0 Å². The van der Waals surface area contributed by atoms with E-state index in [0.717, 1.165) is 6.10 Å². The molecule has 0 aliphatic carbocycles. The number of hydrogen-bond acceptors (Lipinski definition) is 4. The van der Waals surface area contributed by atoms with Crippen LogP contribution in [0.15, 0.2) is 0 Å². The maximum absolute atomic E-state index is 4.96. The van der Waals surface area contributed by atoms with Crippen LogP contribution in [0, 0.1) is 11.5 Å². The van der Waals surface area contributed by atoms with Crippen LogP contribution in [0.4, 0.5) is 0 Å². The Morgan fingerprint density at radius 2 is 1.64 bits per heavy atom. The molecule has 0 unspecified atom stereocenters. The van der Waals surface area contributed by atoms with E-state index in [0.29, 0.717) is 6.61 Å². The van der Waals surface area contributed by atoms with Crippen LogP contribution in [0.2, 0.25) is 0 Å². The van der Waals surface area contributed by atoms with Gasteiger partial charge in [-0.3, -0.25) is 0 Å². The third-order valence-electron chi connectivity index (χ3n) is 0.984. The van der Waals surface area contributed by atoms with Gasteiger partial charge in [-0.25, -0.2) is 11.0 Å². The van der Waals surface area contributed by atoms with E-state index in [1.807, 2.05) is 34.6 Å². The smallest absolute Gasteiger partial charge is 0.155 e. The molecular weight excluding hydrogens is 439 g/mol. The fourth-order valence-electron chi connectivity index (χ4n) is 0.396. The molecule has 0 aromatic rings. The Morgan fingerprint density at radius 1 is 1.07 bits per heavy atom. The predicted molar refractivity (Wildman–Crippen MR) is 48.1 cm³/mol. The molecule has 82 valence electrons. The molecule has 0 bridgehead atoms. The monoisotopic (exact) mass is 458 g/mol. The van der Waals surface area contributed by atoms with Crippen molar-refractivity contribution in [2.75, 3.05) is 13.4 Å². The molecule has 0 atom stereocenters. The largest absolute Gasteiger partial charge is 0.527 e. The first-order valence-electron chi connectivity index (χ1n) is 4.26. The summed E-state index contributed by atoms with van der Waals surface area (Å²) in [5.74, 6) is 0. The molecule has 0 amide bonds. The van der Waals surface area contributed by atoms with Crippen molar-refractivity contribution >= 4 is 0 Å². The summed E-state index contributed by atoms with van der Waals surface area (Å²) in [5.41, 5.74) is 0.0665. The average Bonchev–Trinajstić information content (AvgIpc) is 1.93. The molecule has 5 heteroatoms. The number of hydrogen-bond donors (Lipinski definition) is 0. The summed E-state index contributed by atoms with van der Waals surface area (Å²) in [4.78, 5) is 9.34. The molecule has 0 saturated carbocycles. The molecule has 0 rings (SSSR count). The van der Waals surface area contributed by atoms with E-state index >= 15 is 0 Å². The SMILES string of the molecule is C[C-](C)OCOOOCC(C)(C)C.[Rf]. The van der Waals surface area contributed by atoms with Gasteiger partial charge in [0.05, 0.1) is 6.61 Å². The molecule has 0 N–H and O–H groups in total. The van der Waals surface area contributed by atoms with Gasteiger partial charge in [0.15, 0.2) is 6.79 Å². The second-order valence-corrected chi connectivity index (χ2v) is 4.18. The van der Waals surface area contributed by atoms with Gasteiger partial charge >= 0.3 is 0 Å². The van der Waals surface area contributed by atoms with Gasteiger partial charge in [0.2, 0.25) is 0 Å². The first kappa shape index (κ1) is 15.3. The van der Waals surface area contributed by atoms with Crippen LogP contribution in [0.3, 0.4) is 0 Å². The number of ether oxygens (including phenoxy) is 1. The van der Waals surface area contributed by atoms with E-state index in [-0.39, 0.29) is 12.2 Å². The Kier molecular flexibility index (Phi) is 7.95. The summed E-state index contributed by atoms with van der Waals surface area (Å²) in [6, 6.07) is 0. The van der Waals surface area contributed by atoms with E-state index in [2.05, 4.69) is 9.93 Å². The first-order chi connectivity index (χ1) is 5.92. The summed E-state index contributed by atoms with van der Waals surface area (Å²) in [6.07, 6.45) is 0.819. The Hall–Kier alpha value is -1.16. The molecule has 4 nitrogen and oxygen atoms in total. The van der Waals surface area contributed by atoms with Gasteiger partial charge in [-0.05, 0) is 5.41 Å². The molecule has 0 aliphatic rings. The van der Waals surface area contributed by atoms with E-state index < -0.39 is 0 Å². The van der Waals surface area contributed by atoms with Crippen molar-refractivity contribution in [2.45, 2.75) is 34.6 Å². The summed E-state index contributed by atoms with van der Waals surface area (Å²) in [5, 5.41) is 4.42. The van der Waals surface area contributed by atoms with E-state index in [4.69, 9.17) is 9.62 Å². The maximum Gasteiger partial charge on any atom is 0.155 e. The topological polar surface area (TPSA) is 36.9 Å². The minimum atomic E-state index is 0. The zero-order valence-corrected chi connectivity index (χ0v) is 16.2. The van der Waals surface area contributed by atoms with Crippen LogP contribution in [0.1, 0.15) is 34.6 Å². The molecule has 0 aromatic heterocycles. The van der Waals surface area contributed by atoms with Gasteiger partial charge in [-0.2, -0.15) is 18.7 Å². The minimum Gasteiger partial charge on any atom is -0.527 e. The summed E-state index contributed by atoms with van der Waals surface area (Å²) >= 11 is 0. The quantitative estimate of drug-likeness (QED) is 0.202. The van der Waals surface area contributed by atoms with Gasteiger partial charge in [-0.1, -0.05) is 25.8 Å². The molecule has 0 heterocycles. The van der Waals surface area contributed by atoms with E-state index in [1.165, 1.54) is 0 Å². The molecule has 0 saturated heterocycles. The Labute approximate surface area is 80.0 Å². The van der Waals surface area contributed by atoms with E-state index in [9.17, 15) is 0 Å². The fraction of sp³-hybridized carbons (Fsp3) is 0.889. The van der Waals surface area contributed by atoms with Crippen molar-refractivity contribution < 1.29 is 19.6 Å². The second kappa shape index (κ2) is 7.26. The maximum atomic E-state index is 4.96. The molecule has 0 aromatic carbocycles. The Balaban J connectivity index is 0. The minimum absolute atomic E-state index is 0. The normalized spacial score (nSPS) is 11.6. The summed E-state index contributed by atoms with van der Waals surface area (Å²) in [7, 11) is 0. The zero-order valence-electron chi connectivity index (χ0n) is 9.75. The summed E-state index contributed by atoms with van der Waals surface area (Å²) < 4.78 is 4.96. The third kappa shape index (κ3) is 13.4. The van der Waals surface area contributed by atoms with Gasteiger partial charge in [0.25, 0.3) is 0 Å². The van der Waals surface area contributed by atoms with Crippen molar-refractivity contribution in [2.24, 2.45) is 5.41 Å². The van der Waals surface area contributed by atoms with Crippen molar-refractivity contribution in [1.82, 2.24) is 0 Å². The van der Waals surface area contributed by atoms with Crippen molar-refractivity contribution in [3.05, 3.63) is 6.10 Å². The Morgan fingerprint density at radius 3 is 2.07 bits per heavy atom. The Bertz CT molecular complexity index is 122. The first-order valence-corrected chi connectivity index (χ1v) is 4.26. The zero-order chi connectivity index (χ0) is 10.3. The van der Waals surface area contributed by atoms with Crippen LogP contribution < -0.4 is 0 Å². The molecular formula is C9H19O4Rf-. The van der Waals surface area contributed by atoms with Crippen LogP contribution in [0.5, 0.6) is 0 Å². The van der Waals surface area contributed by atoms with Crippen molar-refractivity contribution in [1.29, 1.82) is 0 Å². The van der Waals surface area contributed by atoms with Crippen molar-refractivity contribution in [3.8, 4) is 0 Å². The third-order valence-corrected chi connectivity index (χ3v) is 0.984. The molecule has 0 fully saturated rings. The van der Waals surface area contributed by atoms with Crippen LogP contribution in [0.25, 0.3) is 0 Å². The molecule has 14 heavy (non-hydrogen) atoms. The van der Waals surface area contributed by atoms with Gasteiger partial charge < -0.3 is 4.74 Å². The second-order valence-electron chi connectivity index (χ2n) is 4.18. The number of rotatable bonds is 6. The van der Waals surface area contributed by atoms with Crippen LogP contribution >= 0.6 is 0 Å². The van der Waals surface area contributed by atoms with Crippen LogP contribution in [-0.4, -0.2) is 13.4 Å². The summed E-state index contributed by atoms with van der Waals surface area (Å²) in [6.45, 7) is 10.3. The fourth-order valence-corrected chi connectivity index (χ4v) is 0.396. The average molecular weight is 458 g/mol. The van der Waals surface area contributed by atoms with E-state index in [1.54, 1.807) is 0 Å². The van der Waals surface area contributed by atoms with Crippen LogP contribution in [-0.2, 0) is 19.6 Å². The van der Waals surface area contributed by atoms with Crippen molar-refractivity contribution in [3.63, 3.8) is 0 Å². The van der Waals surface area contributed by atoms with Gasteiger partial charge in [0, 0.05) is 0 Å². The molecule has 0 spiro atoms. The molecule has 0 radical (unpaired) electrons. The standard InChI is InChI=1S/C9H19O4.Rf/c1-8(2)10-7-12-13-11-6-9(3,4)5;/h6-7H2,1-5H3;/q-1;. The predicted octanol–water partition coefficient (Wildman–Crippen LogP) is 2.46.